The summed E-state index contributed by atoms with van der Waals surface area (Å²) >= 11 is 0. The van der Waals surface area contributed by atoms with Crippen molar-refractivity contribution in [3.05, 3.63) is 0 Å². The predicted molar refractivity (Wildman–Crippen MR) is 77.1 cm³/mol. The summed E-state index contributed by atoms with van der Waals surface area (Å²) in [5.74, 6) is -0.0469. The molecule has 0 bridgehead atoms. The summed E-state index contributed by atoms with van der Waals surface area (Å²) in [6.07, 6.45) is 1.41. The second-order valence-electron chi connectivity index (χ2n) is 6.07. The van der Waals surface area contributed by atoms with Crippen molar-refractivity contribution in [2.75, 3.05) is 20.3 Å². The van der Waals surface area contributed by atoms with Crippen molar-refractivity contribution in [1.82, 2.24) is 10.6 Å². The molecule has 19 heavy (non-hydrogen) atoms. The molecule has 0 aliphatic rings. The summed E-state index contributed by atoms with van der Waals surface area (Å²) in [6, 6.07) is -0.333. The van der Waals surface area contributed by atoms with E-state index in [1.54, 1.807) is 21.0 Å². The largest absolute Gasteiger partial charge is 0.389 e. The van der Waals surface area contributed by atoms with Crippen LogP contribution in [-0.2, 0) is 9.53 Å². The number of carbonyl (C=O) groups is 1. The van der Waals surface area contributed by atoms with Gasteiger partial charge in [0.15, 0.2) is 0 Å². The van der Waals surface area contributed by atoms with E-state index in [9.17, 15) is 9.90 Å². The van der Waals surface area contributed by atoms with Crippen LogP contribution in [0.4, 0.5) is 0 Å². The second kappa shape index (κ2) is 7.82. The summed E-state index contributed by atoms with van der Waals surface area (Å²) in [4.78, 5) is 12.0. The van der Waals surface area contributed by atoms with Crippen molar-refractivity contribution in [3.63, 3.8) is 0 Å². The third-order valence-electron chi connectivity index (χ3n) is 3.37. The van der Waals surface area contributed by atoms with Crippen molar-refractivity contribution in [1.29, 1.82) is 0 Å². The minimum atomic E-state index is -0.870. The van der Waals surface area contributed by atoms with Gasteiger partial charge in [0.1, 0.15) is 0 Å². The molecule has 0 rings (SSSR count). The number of methoxy groups -OCH3 is 1. The van der Waals surface area contributed by atoms with Crippen molar-refractivity contribution in [2.24, 2.45) is 0 Å². The number of hydrogen-bond donors (Lipinski definition) is 3. The number of amides is 1. The highest BCUT2D eigenvalue weighted by Crippen LogP contribution is 2.09. The van der Waals surface area contributed by atoms with Crippen LogP contribution in [0.25, 0.3) is 0 Å². The van der Waals surface area contributed by atoms with Crippen molar-refractivity contribution >= 4 is 5.91 Å². The average Bonchev–Trinajstić information content (AvgIpc) is 2.33. The fourth-order valence-electron chi connectivity index (χ4n) is 1.41. The Morgan fingerprint density at radius 1 is 1.37 bits per heavy atom. The lowest BCUT2D eigenvalue weighted by atomic mass is 10.0. The maximum atomic E-state index is 12.0. The molecule has 0 aromatic heterocycles. The van der Waals surface area contributed by atoms with E-state index < -0.39 is 5.60 Å². The molecule has 5 heteroatoms. The molecule has 0 radical (unpaired) electrons. The second-order valence-corrected chi connectivity index (χ2v) is 6.07. The number of carbonyl (C=O) groups excluding carboxylic acids is 1. The Morgan fingerprint density at radius 3 is 2.42 bits per heavy atom. The summed E-state index contributed by atoms with van der Waals surface area (Å²) in [6.45, 7) is 10.4. The lowest BCUT2D eigenvalue weighted by Crippen LogP contribution is -2.53. The van der Waals surface area contributed by atoms with Gasteiger partial charge in [-0.3, -0.25) is 4.79 Å². The molecule has 114 valence electrons. The Labute approximate surface area is 117 Å². The van der Waals surface area contributed by atoms with Crippen molar-refractivity contribution in [2.45, 2.75) is 64.6 Å². The zero-order valence-corrected chi connectivity index (χ0v) is 13.2. The first-order valence-electron chi connectivity index (χ1n) is 6.90. The molecule has 0 heterocycles. The van der Waals surface area contributed by atoms with Gasteiger partial charge < -0.3 is 20.5 Å². The third-order valence-corrected chi connectivity index (χ3v) is 3.37. The maximum absolute atomic E-state index is 12.0. The van der Waals surface area contributed by atoms with Crippen LogP contribution in [0.3, 0.4) is 0 Å². The number of ether oxygens (including phenoxy) is 1. The molecule has 3 N–H and O–H groups in total. The molecule has 0 aliphatic carbocycles. The smallest absolute Gasteiger partial charge is 0.237 e. The highest BCUT2D eigenvalue weighted by Gasteiger charge is 2.25. The van der Waals surface area contributed by atoms with Crippen LogP contribution in [0, 0.1) is 0 Å². The molecule has 2 atom stereocenters. The Hall–Kier alpha value is -0.650. The molecule has 2 unspecified atom stereocenters. The van der Waals surface area contributed by atoms with Crippen molar-refractivity contribution in [3.8, 4) is 0 Å². The fraction of sp³-hybridized carbons (Fsp3) is 0.929. The summed E-state index contributed by atoms with van der Waals surface area (Å²) in [5, 5.41) is 16.1. The number of rotatable bonds is 9. The van der Waals surface area contributed by atoms with Gasteiger partial charge >= 0.3 is 0 Å². The standard InChI is InChI=1S/C14H30N2O3/c1-7-13(3,4)16-12(17)11(2)15-10-14(5,18)8-9-19-6/h11,15,18H,7-10H2,1-6H3,(H,16,17). The van der Waals surface area contributed by atoms with Gasteiger partial charge in [-0.15, -0.1) is 0 Å². The topological polar surface area (TPSA) is 70.6 Å². The SMILES string of the molecule is CCC(C)(C)NC(=O)C(C)NCC(C)(O)CCOC. The van der Waals surface area contributed by atoms with Crippen LogP contribution < -0.4 is 10.6 Å². The van der Waals surface area contributed by atoms with Gasteiger partial charge in [0, 0.05) is 32.2 Å². The Kier molecular flexibility index (Phi) is 7.55. The molecule has 1 amide bonds. The molecular weight excluding hydrogens is 244 g/mol. The lowest BCUT2D eigenvalue weighted by molar-refractivity contribution is -0.124. The van der Waals surface area contributed by atoms with Crippen LogP contribution in [0.1, 0.15) is 47.5 Å². The van der Waals surface area contributed by atoms with Crippen LogP contribution in [0.2, 0.25) is 0 Å². The monoisotopic (exact) mass is 274 g/mol. The van der Waals surface area contributed by atoms with E-state index in [1.165, 1.54) is 0 Å². The summed E-state index contributed by atoms with van der Waals surface area (Å²) in [7, 11) is 1.60. The zero-order valence-electron chi connectivity index (χ0n) is 13.2. The van der Waals surface area contributed by atoms with Crippen LogP contribution in [-0.4, -0.2) is 48.5 Å². The van der Waals surface area contributed by atoms with Crippen LogP contribution in [0.5, 0.6) is 0 Å². The Bertz CT molecular complexity index is 278. The highest BCUT2D eigenvalue weighted by atomic mass is 16.5. The minimum absolute atomic E-state index is 0.0469. The zero-order chi connectivity index (χ0) is 15.1. The molecule has 0 aromatic carbocycles. The molecule has 0 fully saturated rings. The van der Waals surface area contributed by atoms with Gasteiger partial charge in [-0.2, -0.15) is 0 Å². The predicted octanol–water partition coefficient (Wildman–Crippen LogP) is 1.06. The van der Waals surface area contributed by atoms with E-state index in [4.69, 9.17) is 4.74 Å². The quantitative estimate of drug-likeness (QED) is 0.588. The molecule has 0 saturated heterocycles. The third kappa shape index (κ3) is 8.18. The van der Waals surface area contributed by atoms with E-state index in [1.807, 2.05) is 20.8 Å². The van der Waals surface area contributed by atoms with Crippen LogP contribution in [0.15, 0.2) is 0 Å². The van der Waals surface area contributed by atoms with Gasteiger partial charge in [-0.25, -0.2) is 0 Å². The number of hydrogen-bond acceptors (Lipinski definition) is 4. The first-order valence-corrected chi connectivity index (χ1v) is 6.90. The number of nitrogens with one attached hydrogen (secondary N) is 2. The molecule has 0 saturated carbocycles. The first-order chi connectivity index (χ1) is 8.63. The van der Waals surface area contributed by atoms with Crippen LogP contribution >= 0.6 is 0 Å². The maximum Gasteiger partial charge on any atom is 0.237 e. The van der Waals surface area contributed by atoms with Gasteiger partial charge in [0.25, 0.3) is 0 Å². The summed E-state index contributed by atoms with van der Waals surface area (Å²) < 4.78 is 4.95. The van der Waals surface area contributed by atoms with E-state index >= 15 is 0 Å². The molecular formula is C14H30N2O3. The Balaban J connectivity index is 4.16. The normalized spacial score (nSPS) is 16.8. The van der Waals surface area contributed by atoms with Gasteiger partial charge in [-0.1, -0.05) is 6.92 Å². The average molecular weight is 274 g/mol. The van der Waals surface area contributed by atoms with Crippen molar-refractivity contribution < 1.29 is 14.6 Å². The molecule has 5 nitrogen and oxygen atoms in total. The first kappa shape index (κ1) is 18.4. The van der Waals surface area contributed by atoms with E-state index in [2.05, 4.69) is 10.6 Å². The molecule has 0 aromatic rings. The molecule has 0 aliphatic heterocycles. The highest BCUT2D eigenvalue weighted by molar-refractivity contribution is 5.81. The lowest BCUT2D eigenvalue weighted by Gasteiger charge is -2.29. The van der Waals surface area contributed by atoms with E-state index in [0.717, 1.165) is 6.42 Å². The minimum Gasteiger partial charge on any atom is -0.389 e. The van der Waals surface area contributed by atoms with Gasteiger partial charge in [0.05, 0.1) is 11.6 Å². The Morgan fingerprint density at radius 2 is 1.95 bits per heavy atom. The number of aliphatic hydroxyl groups is 1. The fourth-order valence-corrected chi connectivity index (χ4v) is 1.41. The van der Waals surface area contributed by atoms with Gasteiger partial charge in [0.2, 0.25) is 5.91 Å². The van der Waals surface area contributed by atoms with Gasteiger partial charge in [-0.05, 0) is 34.1 Å². The molecule has 0 spiro atoms. The summed E-state index contributed by atoms with van der Waals surface area (Å²) in [5.41, 5.74) is -1.07. The van der Waals surface area contributed by atoms with E-state index in [0.29, 0.717) is 19.6 Å². The van der Waals surface area contributed by atoms with E-state index in [-0.39, 0.29) is 17.5 Å².